The third kappa shape index (κ3) is 6.26. The highest BCUT2D eigenvalue weighted by atomic mass is 35.5. The second-order valence-corrected chi connectivity index (χ2v) is 11.6. The number of carbonyl (C=O) groups is 1. The van der Waals surface area contributed by atoms with Gasteiger partial charge in [-0.1, -0.05) is 23.7 Å². The lowest BCUT2D eigenvalue weighted by atomic mass is 10.2. The number of halogens is 1. The molecular formula is C21H26ClN3O7S2. The summed E-state index contributed by atoms with van der Waals surface area (Å²) in [6, 6.07) is 9.21. The Morgan fingerprint density at radius 2 is 1.76 bits per heavy atom. The Kier molecular flexibility index (Phi) is 8.55. The van der Waals surface area contributed by atoms with Crippen molar-refractivity contribution >= 4 is 37.6 Å². The van der Waals surface area contributed by atoms with Crippen LogP contribution in [0.25, 0.3) is 0 Å². The normalized spacial score (nSPS) is 16.1. The topological polar surface area (TPSA) is 131 Å². The summed E-state index contributed by atoms with van der Waals surface area (Å²) in [4.78, 5) is 12.4. The van der Waals surface area contributed by atoms with Crippen molar-refractivity contribution in [1.82, 2.24) is 14.3 Å². The molecule has 2 aromatic carbocycles. The predicted octanol–water partition coefficient (Wildman–Crippen LogP) is 1.35. The number of benzene rings is 2. The summed E-state index contributed by atoms with van der Waals surface area (Å²) in [5.74, 6) is -0.466. The Balaban J connectivity index is 1.60. The van der Waals surface area contributed by atoms with Gasteiger partial charge < -0.3 is 14.8 Å². The molecule has 1 amide bonds. The van der Waals surface area contributed by atoms with Crippen LogP contribution in [0.3, 0.4) is 0 Å². The van der Waals surface area contributed by atoms with Gasteiger partial charge in [-0.2, -0.15) is 9.03 Å². The zero-order valence-corrected chi connectivity index (χ0v) is 21.0. The highest BCUT2D eigenvalue weighted by Crippen LogP contribution is 2.27. The Morgan fingerprint density at radius 1 is 1.12 bits per heavy atom. The van der Waals surface area contributed by atoms with E-state index in [1.54, 1.807) is 12.1 Å². The van der Waals surface area contributed by atoms with E-state index in [2.05, 4.69) is 10.0 Å². The van der Waals surface area contributed by atoms with Gasteiger partial charge in [-0.15, -0.1) is 0 Å². The van der Waals surface area contributed by atoms with E-state index in [4.69, 9.17) is 21.1 Å². The molecule has 186 valence electrons. The van der Waals surface area contributed by atoms with Gasteiger partial charge in [0.1, 0.15) is 10.6 Å². The minimum absolute atomic E-state index is 0.0866. The molecule has 10 nitrogen and oxygen atoms in total. The van der Waals surface area contributed by atoms with Crippen molar-refractivity contribution in [2.24, 2.45) is 0 Å². The molecule has 3 rings (SSSR count). The number of carbonyl (C=O) groups excluding carboxylic acids is 1. The first-order chi connectivity index (χ1) is 16.0. The number of methoxy groups -OCH3 is 1. The van der Waals surface area contributed by atoms with Gasteiger partial charge in [0.05, 0.1) is 31.3 Å². The number of amides is 1. The van der Waals surface area contributed by atoms with Crippen molar-refractivity contribution in [2.75, 3.05) is 33.4 Å². The zero-order chi connectivity index (χ0) is 24.9. The molecule has 0 radical (unpaired) electrons. The largest absolute Gasteiger partial charge is 0.495 e. The van der Waals surface area contributed by atoms with E-state index in [1.165, 1.54) is 48.7 Å². The molecule has 1 atom stereocenters. The number of hydrogen-bond acceptors (Lipinski definition) is 7. The van der Waals surface area contributed by atoms with Gasteiger partial charge in [-0.25, -0.2) is 16.8 Å². The maximum absolute atomic E-state index is 12.7. The first-order valence-corrected chi connectivity index (χ1v) is 13.6. The monoisotopic (exact) mass is 531 g/mol. The fourth-order valence-corrected chi connectivity index (χ4v) is 6.31. The minimum atomic E-state index is -4.09. The number of rotatable bonds is 9. The van der Waals surface area contributed by atoms with Crippen LogP contribution in [0.4, 0.5) is 0 Å². The number of sulfonamides is 2. The molecule has 1 aliphatic heterocycles. The highest BCUT2D eigenvalue weighted by Gasteiger charge is 2.27. The van der Waals surface area contributed by atoms with Crippen molar-refractivity contribution in [3.8, 4) is 5.75 Å². The summed E-state index contributed by atoms with van der Waals surface area (Å²) >= 11 is 5.91. The minimum Gasteiger partial charge on any atom is -0.495 e. The van der Waals surface area contributed by atoms with Crippen LogP contribution in [-0.4, -0.2) is 66.5 Å². The maximum Gasteiger partial charge on any atom is 0.245 e. The van der Waals surface area contributed by atoms with Gasteiger partial charge in [0.2, 0.25) is 26.0 Å². The molecule has 1 fully saturated rings. The second kappa shape index (κ2) is 11.0. The maximum atomic E-state index is 12.7. The summed E-state index contributed by atoms with van der Waals surface area (Å²) in [5, 5.41) is 2.84. The zero-order valence-electron chi connectivity index (χ0n) is 18.7. The van der Waals surface area contributed by atoms with E-state index in [1.807, 2.05) is 0 Å². The number of ether oxygens (including phenoxy) is 2. The average Bonchev–Trinajstić information content (AvgIpc) is 2.83. The summed E-state index contributed by atoms with van der Waals surface area (Å²) in [6.07, 6.45) is 0. The fourth-order valence-electron chi connectivity index (χ4n) is 3.27. The van der Waals surface area contributed by atoms with Crippen LogP contribution < -0.4 is 14.8 Å². The van der Waals surface area contributed by atoms with Gasteiger partial charge in [-0.05, 0) is 42.8 Å². The molecule has 34 heavy (non-hydrogen) atoms. The smallest absolute Gasteiger partial charge is 0.245 e. The molecule has 0 spiro atoms. The lowest BCUT2D eigenvalue weighted by Gasteiger charge is -2.26. The van der Waals surface area contributed by atoms with Gasteiger partial charge in [0.15, 0.2) is 0 Å². The van der Waals surface area contributed by atoms with Crippen LogP contribution in [0.5, 0.6) is 5.75 Å². The molecule has 2 N–H and O–H groups in total. The first-order valence-electron chi connectivity index (χ1n) is 10.3. The van der Waals surface area contributed by atoms with E-state index in [-0.39, 0.29) is 27.1 Å². The van der Waals surface area contributed by atoms with E-state index < -0.39 is 32.0 Å². The van der Waals surface area contributed by atoms with E-state index in [0.717, 1.165) is 0 Å². The molecule has 0 aliphatic carbocycles. The Labute approximate surface area is 204 Å². The van der Waals surface area contributed by atoms with Crippen molar-refractivity contribution in [1.29, 1.82) is 0 Å². The van der Waals surface area contributed by atoms with Crippen LogP contribution in [0, 0.1) is 0 Å². The quantitative estimate of drug-likeness (QED) is 0.499. The number of hydrogen-bond donors (Lipinski definition) is 2. The molecular weight excluding hydrogens is 506 g/mol. The average molecular weight is 532 g/mol. The molecule has 0 aromatic heterocycles. The van der Waals surface area contributed by atoms with Crippen LogP contribution in [-0.2, 0) is 36.1 Å². The number of nitrogens with zero attached hydrogens (tertiary/aromatic N) is 1. The molecule has 2 aromatic rings. The van der Waals surface area contributed by atoms with E-state index in [9.17, 15) is 21.6 Å². The van der Waals surface area contributed by atoms with Crippen molar-refractivity contribution < 1.29 is 31.1 Å². The van der Waals surface area contributed by atoms with Gasteiger partial charge in [0, 0.05) is 24.7 Å². The Hall–Kier alpha value is -2.22. The van der Waals surface area contributed by atoms with Crippen molar-refractivity contribution in [3.63, 3.8) is 0 Å². The number of morpholine rings is 1. The van der Waals surface area contributed by atoms with Gasteiger partial charge >= 0.3 is 0 Å². The van der Waals surface area contributed by atoms with Crippen LogP contribution in [0.2, 0.25) is 5.02 Å². The lowest BCUT2D eigenvalue weighted by Crippen LogP contribution is -2.44. The van der Waals surface area contributed by atoms with Crippen LogP contribution >= 0.6 is 11.6 Å². The van der Waals surface area contributed by atoms with Crippen molar-refractivity contribution in [2.45, 2.75) is 29.3 Å². The molecule has 1 saturated heterocycles. The molecule has 0 saturated carbocycles. The standard InChI is InChI=1S/C21H26ClN3O7S2/c1-15(24-33(27,28)20-13-17(22)5-8-19(20)31-2)21(26)23-14-16-3-6-18(7-4-16)34(29,30)25-9-11-32-12-10-25/h3-8,13,15,24H,9-12,14H2,1-2H3,(H,23,26)/t15-/m0/s1. The van der Waals surface area contributed by atoms with Gasteiger partial charge in [0.25, 0.3) is 0 Å². The summed E-state index contributed by atoms with van der Waals surface area (Å²) < 4.78 is 64.8. The van der Waals surface area contributed by atoms with E-state index >= 15 is 0 Å². The molecule has 1 aliphatic rings. The predicted molar refractivity (Wildman–Crippen MR) is 126 cm³/mol. The molecule has 0 unspecified atom stereocenters. The van der Waals surface area contributed by atoms with Gasteiger partial charge in [-0.3, -0.25) is 4.79 Å². The Bertz CT molecular complexity index is 1230. The SMILES string of the molecule is COc1ccc(Cl)cc1S(=O)(=O)N[C@@H](C)C(=O)NCc1ccc(S(=O)(=O)N2CCOCC2)cc1. The number of nitrogens with one attached hydrogen (secondary N) is 2. The summed E-state index contributed by atoms with van der Waals surface area (Å²) in [6.45, 7) is 2.81. The summed E-state index contributed by atoms with van der Waals surface area (Å²) in [5.41, 5.74) is 0.654. The van der Waals surface area contributed by atoms with E-state index in [0.29, 0.717) is 31.9 Å². The molecule has 0 bridgehead atoms. The Morgan fingerprint density at radius 3 is 2.38 bits per heavy atom. The van der Waals surface area contributed by atoms with Crippen LogP contribution in [0.15, 0.2) is 52.3 Å². The van der Waals surface area contributed by atoms with Crippen LogP contribution in [0.1, 0.15) is 12.5 Å². The lowest BCUT2D eigenvalue weighted by molar-refractivity contribution is -0.122. The molecule has 13 heteroatoms. The second-order valence-electron chi connectivity index (χ2n) is 7.52. The third-order valence-electron chi connectivity index (χ3n) is 5.14. The fraction of sp³-hybridized carbons (Fsp3) is 0.381. The summed E-state index contributed by atoms with van der Waals surface area (Å²) in [7, 11) is -6.37. The highest BCUT2D eigenvalue weighted by molar-refractivity contribution is 7.89. The first kappa shape index (κ1) is 26.4. The van der Waals surface area contributed by atoms with Crippen molar-refractivity contribution in [3.05, 3.63) is 53.1 Å². The third-order valence-corrected chi connectivity index (χ3v) is 8.85. The molecule has 1 heterocycles.